The van der Waals surface area contributed by atoms with E-state index in [-0.39, 0.29) is 5.82 Å². The Morgan fingerprint density at radius 3 is 2.69 bits per heavy atom. The lowest BCUT2D eigenvalue weighted by Gasteiger charge is -2.19. The van der Waals surface area contributed by atoms with E-state index < -0.39 is 31.1 Å². The number of imidazole rings is 1. The topological polar surface area (TPSA) is 161 Å². The Morgan fingerprint density at radius 2 is 1.97 bits per heavy atom. The van der Waals surface area contributed by atoms with Gasteiger partial charge in [-0.2, -0.15) is 0 Å². The van der Waals surface area contributed by atoms with Crippen LogP contribution in [0.3, 0.4) is 0 Å². The van der Waals surface area contributed by atoms with Gasteiger partial charge in [0.05, 0.1) is 13.2 Å². The number of hydrogen-bond acceptors (Lipinski definition) is 10. The van der Waals surface area contributed by atoms with Gasteiger partial charge >= 0.3 is 0 Å². The molecule has 0 saturated carbocycles. The molecule has 29 heavy (non-hydrogen) atoms. The van der Waals surface area contributed by atoms with E-state index in [1.165, 1.54) is 10.9 Å². The zero-order valence-electron chi connectivity index (χ0n) is 15.4. The highest BCUT2D eigenvalue weighted by Gasteiger charge is 2.45. The van der Waals surface area contributed by atoms with Crippen LogP contribution in [0, 0.1) is 0 Å². The minimum atomic E-state index is -1.29. The number of aliphatic hydroxyl groups excluding tert-OH is 3. The van der Waals surface area contributed by atoms with Gasteiger partial charge in [0.25, 0.3) is 0 Å². The van der Waals surface area contributed by atoms with Crippen LogP contribution in [0.2, 0.25) is 0 Å². The molecule has 0 spiro atoms. The Kier molecular flexibility index (Phi) is 5.45. The van der Waals surface area contributed by atoms with Crippen molar-refractivity contribution < 1.29 is 24.8 Å². The average Bonchev–Trinajstić information content (AvgIpc) is 3.24. The van der Waals surface area contributed by atoms with Crippen LogP contribution >= 0.6 is 0 Å². The molecule has 3 aromatic rings. The first-order valence-corrected chi connectivity index (χ1v) is 9.12. The molecule has 1 aliphatic heterocycles. The molecule has 1 aromatic carbocycles. The third-order valence-corrected chi connectivity index (χ3v) is 4.67. The molecule has 0 aliphatic carbocycles. The first-order chi connectivity index (χ1) is 14.1. The van der Waals surface area contributed by atoms with Gasteiger partial charge < -0.3 is 35.8 Å². The minimum Gasteiger partial charge on any atom is -0.492 e. The molecule has 4 atom stereocenters. The molecule has 0 radical (unpaired) electrons. The molecule has 11 heteroatoms. The van der Waals surface area contributed by atoms with Crippen molar-refractivity contribution in [3.63, 3.8) is 0 Å². The number of nitrogen functional groups attached to an aromatic ring is 1. The lowest BCUT2D eigenvalue weighted by molar-refractivity contribution is -0.0501. The van der Waals surface area contributed by atoms with Gasteiger partial charge in [0.15, 0.2) is 23.2 Å². The van der Waals surface area contributed by atoms with E-state index in [1.807, 2.05) is 30.3 Å². The molecule has 1 aliphatic rings. The molecule has 1 saturated heterocycles. The first-order valence-electron chi connectivity index (χ1n) is 9.12. The van der Waals surface area contributed by atoms with E-state index in [9.17, 15) is 15.3 Å². The van der Waals surface area contributed by atoms with Crippen molar-refractivity contribution in [2.45, 2.75) is 24.5 Å². The first kappa shape index (κ1) is 19.3. The number of nitrogens with one attached hydrogen (secondary N) is 1. The summed E-state index contributed by atoms with van der Waals surface area (Å²) in [4.78, 5) is 12.6. The smallest absolute Gasteiger partial charge is 0.207 e. The third kappa shape index (κ3) is 3.68. The van der Waals surface area contributed by atoms with Crippen LogP contribution in [-0.2, 0) is 4.74 Å². The van der Waals surface area contributed by atoms with Crippen LogP contribution < -0.4 is 15.8 Å². The fourth-order valence-electron chi connectivity index (χ4n) is 3.23. The van der Waals surface area contributed by atoms with Gasteiger partial charge in [0.2, 0.25) is 5.95 Å². The molecule has 3 heterocycles. The third-order valence-electron chi connectivity index (χ3n) is 4.67. The molecule has 6 N–H and O–H groups in total. The van der Waals surface area contributed by atoms with Crippen molar-refractivity contribution in [2.75, 3.05) is 30.8 Å². The number of aromatic nitrogens is 4. The van der Waals surface area contributed by atoms with E-state index in [0.29, 0.717) is 30.3 Å². The summed E-state index contributed by atoms with van der Waals surface area (Å²) in [5.74, 6) is 1.23. The maximum Gasteiger partial charge on any atom is 0.207 e. The molecule has 2 unspecified atom stereocenters. The van der Waals surface area contributed by atoms with Gasteiger partial charge in [-0.1, -0.05) is 18.2 Å². The monoisotopic (exact) mass is 402 g/mol. The summed E-state index contributed by atoms with van der Waals surface area (Å²) in [5.41, 5.74) is 6.57. The van der Waals surface area contributed by atoms with Gasteiger partial charge in [0, 0.05) is 0 Å². The summed E-state index contributed by atoms with van der Waals surface area (Å²) in [5, 5.41) is 33.1. The highest BCUT2D eigenvalue weighted by molar-refractivity contribution is 5.84. The van der Waals surface area contributed by atoms with Crippen molar-refractivity contribution in [2.24, 2.45) is 0 Å². The zero-order valence-corrected chi connectivity index (χ0v) is 15.4. The van der Waals surface area contributed by atoms with E-state index in [0.717, 1.165) is 5.75 Å². The zero-order chi connectivity index (χ0) is 20.4. The SMILES string of the molecule is Nc1ncnc2c1nc(NCCOc1ccccc1)n2[C@@H]1O[C@H](CO)C(O)C1O. The predicted molar refractivity (Wildman–Crippen MR) is 103 cm³/mol. The molecule has 11 nitrogen and oxygen atoms in total. The highest BCUT2D eigenvalue weighted by Crippen LogP contribution is 2.34. The maximum atomic E-state index is 10.4. The van der Waals surface area contributed by atoms with Gasteiger partial charge in [-0.3, -0.25) is 4.57 Å². The Morgan fingerprint density at radius 1 is 1.17 bits per heavy atom. The molecule has 1 fully saturated rings. The lowest BCUT2D eigenvalue weighted by atomic mass is 10.1. The number of anilines is 2. The summed E-state index contributed by atoms with van der Waals surface area (Å²) in [7, 11) is 0. The molecule has 0 bridgehead atoms. The number of hydrogen-bond donors (Lipinski definition) is 5. The van der Waals surface area contributed by atoms with E-state index >= 15 is 0 Å². The molecular formula is C18H22N6O5. The second kappa shape index (κ2) is 8.17. The Balaban J connectivity index is 1.58. The van der Waals surface area contributed by atoms with Crippen LogP contribution in [0.25, 0.3) is 11.2 Å². The summed E-state index contributed by atoms with van der Waals surface area (Å²) < 4.78 is 12.8. The number of ether oxygens (including phenoxy) is 2. The number of nitrogens with zero attached hydrogens (tertiary/aromatic N) is 4. The van der Waals surface area contributed by atoms with Gasteiger partial charge in [-0.25, -0.2) is 15.0 Å². The molecule has 154 valence electrons. The number of rotatable bonds is 7. The fraction of sp³-hybridized carbons (Fsp3) is 0.389. The van der Waals surface area contributed by atoms with Crippen LogP contribution in [0.15, 0.2) is 36.7 Å². The second-order valence-corrected chi connectivity index (χ2v) is 6.55. The van der Waals surface area contributed by atoms with E-state index in [2.05, 4.69) is 20.3 Å². The largest absolute Gasteiger partial charge is 0.492 e. The Labute approximate surface area is 165 Å². The summed E-state index contributed by atoms with van der Waals surface area (Å²) in [6.45, 7) is 0.302. The van der Waals surface area contributed by atoms with Crippen molar-refractivity contribution >= 4 is 22.9 Å². The lowest BCUT2D eigenvalue weighted by Crippen LogP contribution is -2.33. The van der Waals surface area contributed by atoms with Crippen molar-refractivity contribution in [3.05, 3.63) is 36.7 Å². The minimum absolute atomic E-state index is 0.170. The molecule has 2 aromatic heterocycles. The number of nitrogens with two attached hydrogens (primary N) is 1. The van der Waals surface area contributed by atoms with Crippen molar-refractivity contribution in [3.8, 4) is 5.75 Å². The standard InChI is InChI=1S/C18H22N6O5/c19-15-12-16(22-9-21-15)24(17-14(27)13(26)11(8-25)29-17)18(23-12)20-6-7-28-10-4-2-1-3-5-10/h1-5,9,11,13-14,17,25-27H,6-8H2,(H,20,23)(H2,19,21,22)/t11-,13?,14?,17-/m1/s1. The summed E-state index contributed by atoms with van der Waals surface area (Å²) >= 11 is 0. The summed E-state index contributed by atoms with van der Waals surface area (Å²) in [6, 6.07) is 9.37. The maximum absolute atomic E-state index is 10.4. The van der Waals surface area contributed by atoms with Crippen LogP contribution in [0.5, 0.6) is 5.75 Å². The molecule has 0 amide bonds. The van der Waals surface area contributed by atoms with E-state index in [4.69, 9.17) is 15.2 Å². The Hall–Kier alpha value is -2.99. The average molecular weight is 402 g/mol. The predicted octanol–water partition coefficient (Wildman–Crippen LogP) is -0.489. The van der Waals surface area contributed by atoms with E-state index in [1.54, 1.807) is 0 Å². The van der Waals surface area contributed by atoms with Crippen molar-refractivity contribution in [1.29, 1.82) is 0 Å². The van der Waals surface area contributed by atoms with Crippen molar-refractivity contribution in [1.82, 2.24) is 19.5 Å². The molecule has 4 rings (SSSR count). The van der Waals surface area contributed by atoms with Gasteiger partial charge in [-0.05, 0) is 12.1 Å². The van der Waals surface area contributed by atoms with Crippen LogP contribution in [0.1, 0.15) is 6.23 Å². The number of para-hydroxylation sites is 1. The van der Waals surface area contributed by atoms with Crippen LogP contribution in [-0.4, -0.2) is 72.9 Å². The van der Waals surface area contributed by atoms with Gasteiger partial charge in [-0.15, -0.1) is 0 Å². The number of fused-ring (bicyclic) bond motifs is 1. The highest BCUT2D eigenvalue weighted by atomic mass is 16.6. The summed E-state index contributed by atoms with van der Waals surface area (Å²) in [6.07, 6.45) is -3.21. The number of benzene rings is 1. The number of aliphatic hydroxyl groups is 3. The normalized spacial score (nSPS) is 24.1. The van der Waals surface area contributed by atoms with Crippen LogP contribution in [0.4, 0.5) is 11.8 Å². The fourth-order valence-corrected chi connectivity index (χ4v) is 3.23. The molecular weight excluding hydrogens is 380 g/mol. The second-order valence-electron chi connectivity index (χ2n) is 6.55. The quantitative estimate of drug-likeness (QED) is 0.326. The Bertz CT molecular complexity index is 968. The van der Waals surface area contributed by atoms with Gasteiger partial charge in [0.1, 0.15) is 37.0 Å².